The van der Waals surface area contributed by atoms with Crippen molar-refractivity contribution in [1.29, 1.82) is 0 Å². The molecule has 0 bridgehead atoms. The molecule has 4 rings (SSSR count). The third-order valence-corrected chi connectivity index (χ3v) is 6.09. The molecule has 1 saturated heterocycles. The van der Waals surface area contributed by atoms with E-state index in [0.717, 1.165) is 46.1 Å². The van der Waals surface area contributed by atoms with Gasteiger partial charge in [0.1, 0.15) is 0 Å². The Kier molecular flexibility index (Phi) is 5.98. The number of aliphatic imine (C=N–C) groups is 1. The second kappa shape index (κ2) is 8.81. The Labute approximate surface area is 177 Å². The fourth-order valence-corrected chi connectivity index (χ4v) is 4.56. The summed E-state index contributed by atoms with van der Waals surface area (Å²) >= 11 is 2.88. The number of thioether (sulfide) groups is 1. The fourth-order valence-electron chi connectivity index (χ4n) is 2.86. The molecule has 1 fully saturated rings. The lowest BCUT2D eigenvalue weighted by molar-refractivity contribution is -0.115. The maximum Gasteiger partial charge on any atom is 0.264 e. The molecule has 3 heterocycles. The first-order valence-corrected chi connectivity index (χ1v) is 10.9. The van der Waals surface area contributed by atoms with E-state index < -0.39 is 0 Å². The highest BCUT2D eigenvalue weighted by molar-refractivity contribution is 8.18. The number of thiazole rings is 1. The molecule has 2 aromatic heterocycles. The Bertz CT molecular complexity index is 1080. The molecule has 0 aliphatic carbocycles. The fraction of sp³-hybridized carbons (Fsp3) is 0.250. The predicted molar refractivity (Wildman–Crippen MR) is 123 cm³/mol. The quantitative estimate of drug-likeness (QED) is 0.394. The Morgan fingerprint density at radius 3 is 3.07 bits per heavy atom. The third kappa shape index (κ3) is 5.06. The number of benzene rings is 1. The number of rotatable bonds is 7. The molecule has 3 aromatic rings. The summed E-state index contributed by atoms with van der Waals surface area (Å²) in [5.74, 6) is -0.134. The van der Waals surface area contributed by atoms with Gasteiger partial charge in [0.2, 0.25) is 0 Å². The molecule has 150 valence electrons. The monoisotopic (exact) mass is 426 g/mol. The topological polar surface area (TPSA) is 85.4 Å². The van der Waals surface area contributed by atoms with Gasteiger partial charge in [-0.25, -0.2) is 9.98 Å². The van der Waals surface area contributed by atoms with Crippen molar-refractivity contribution in [3.8, 4) is 0 Å². The number of hydrogen-bond acceptors (Lipinski definition) is 7. The number of amidine groups is 1. The van der Waals surface area contributed by atoms with Gasteiger partial charge < -0.3 is 20.5 Å². The van der Waals surface area contributed by atoms with E-state index in [4.69, 9.17) is 0 Å². The molecule has 1 aliphatic rings. The molecular formula is C20H22N6OS2. The first-order chi connectivity index (χ1) is 14.1. The van der Waals surface area contributed by atoms with Gasteiger partial charge >= 0.3 is 0 Å². The van der Waals surface area contributed by atoms with E-state index in [0.29, 0.717) is 10.1 Å². The molecule has 0 saturated carbocycles. The molecule has 0 radical (unpaired) electrons. The van der Waals surface area contributed by atoms with E-state index in [1.165, 1.54) is 23.1 Å². The number of fused-ring (bicyclic) bond motifs is 1. The van der Waals surface area contributed by atoms with Gasteiger partial charge in [-0.1, -0.05) is 11.3 Å². The smallest absolute Gasteiger partial charge is 0.264 e. The number of amides is 1. The van der Waals surface area contributed by atoms with E-state index in [1.807, 2.05) is 36.5 Å². The molecule has 0 unspecified atom stereocenters. The Hall–Kier alpha value is -2.62. The number of aromatic amines is 1. The summed E-state index contributed by atoms with van der Waals surface area (Å²) in [6.45, 7) is 1.91. The van der Waals surface area contributed by atoms with Gasteiger partial charge in [0, 0.05) is 29.8 Å². The number of H-pyrrole nitrogens is 1. The first kappa shape index (κ1) is 19.7. The van der Waals surface area contributed by atoms with Crippen molar-refractivity contribution >= 4 is 62.0 Å². The van der Waals surface area contributed by atoms with Crippen molar-refractivity contribution < 1.29 is 4.79 Å². The summed E-state index contributed by atoms with van der Waals surface area (Å²) < 4.78 is 0. The molecular weight excluding hydrogens is 404 g/mol. The average molecular weight is 427 g/mol. The largest absolute Gasteiger partial charge is 0.361 e. The lowest BCUT2D eigenvalue weighted by Gasteiger charge is -2.08. The second-order valence-corrected chi connectivity index (χ2v) is 8.98. The third-order valence-electron chi connectivity index (χ3n) is 4.27. The van der Waals surface area contributed by atoms with Crippen LogP contribution in [0.1, 0.15) is 11.3 Å². The van der Waals surface area contributed by atoms with E-state index in [1.54, 1.807) is 6.20 Å². The normalized spacial score (nSPS) is 17.0. The molecule has 1 aliphatic heterocycles. The van der Waals surface area contributed by atoms with E-state index in [2.05, 4.69) is 44.6 Å². The maximum atomic E-state index is 12.3. The van der Waals surface area contributed by atoms with Crippen LogP contribution in [-0.4, -0.2) is 53.1 Å². The lowest BCUT2D eigenvalue weighted by atomic mass is 10.2. The molecule has 7 nitrogen and oxygen atoms in total. The number of carbonyl (C=O) groups is 1. The van der Waals surface area contributed by atoms with Gasteiger partial charge in [0.25, 0.3) is 5.91 Å². The number of nitrogens with one attached hydrogen (secondary N) is 3. The summed E-state index contributed by atoms with van der Waals surface area (Å²) in [6, 6.07) is 7.90. The van der Waals surface area contributed by atoms with Crippen molar-refractivity contribution in [2.75, 3.05) is 32.5 Å². The van der Waals surface area contributed by atoms with E-state index >= 15 is 0 Å². The van der Waals surface area contributed by atoms with Crippen LogP contribution in [0.3, 0.4) is 0 Å². The van der Waals surface area contributed by atoms with Crippen LogP contribution in [0.5, 0.6) is 0 Å². The zero-order valence-corrected chi connectivity index (χ0v) is 17.9. The van der Waals surface area contributed by atoms with Gasteiger partial charge in [0.05, 0.1) is 15.5 Å². The average Bonchev–Trinajstić information content (AvgIpc) is 3.40. The van der Waals surface area contributed by atoms with Crippen LogP contribution in [0.2, 0.25) is 0 Å². The van der Waals surface area contributed by atoms with E-state index in [9.17, 15) is 4.79 Å². The van der Waals surface area contributed by atoms with Crippen molar-refractivity contribution in [2.45, 2.75) is 6.42 Å². The number of anilines is 1. The van der Waals surface area contributed by atoms with E-state index in [-0.39, 0.29) is 5.91 Å². The number of nitrogens with zero attached hydrogens (tertiary/aromatic N) is 3. The highest BCUT2D eigenvalue weighted by Gasteiger charge is 2.24. The zero-order valence-electron chi connectivity index (χ0n) is 16.2. The molecule has 0 atom stereocenters. The van der Waals surface area contributed by atoms with Gasteiger partial charge in [-0.3, -0.25) is 4.79 Å². The summed E-state index contributed by atoms with van der Waals surface area (Å²) in [5, 5.41) is 8.71. The minimum atomic E-state index is -0.134. The van der Waals surface area contributed by atoms with Crippen LogP contribution in [0.15, 0.2) is 46.6 Å². The Morgan fingerprint density at radius 1 is 1.31 bits per heavy atom. The van der Waals surface area contributed by atoms with Crippen molar-refractivity contribution in [2.24, 2.45) is 4.99 Å². The summed E-state index contributed by atoms with van der Waals surface area (Å²) in [5.41, 5.74) is 1.87. The molecule has 1 aromatic carbocycles. The highest BCUT2D eigenvalue weighted by atomic mass is 32.2. The van der Waals surface area contributed by atoms with Crippen LogP contribution in [-0.2, 0) is 4.79 Å². The van der Waals surface area contributed by atoms with Crippen LogP contribution >= 0.6 is 23.1 Å². The number of aromatic nitrogens is 2. The predicted octanol–water partition coefficient (Wildman–Crippen LogP) is 3.88. The van der Waals surface area contributed by atoms with Crippen molar-refractivity contribution in [3.63, 3.8) is 0 Å². The molecule has 0 spiro atoms. The maximum absolute atomic E-state index is 12.3. The van der Waals surface area contributed by atoms with Gasteiger partial charge in [-0.15, -0.1) is 0 Å². The zero-order chi connectivity index (χ0) is 20.2. The SMILES string of the molecule is CN(C)CCCNc1ncc(/C=C2\S/C(=N\c3ccc4[nH]ccc4c3)NC2=O)s1. The minimum Gasteiger partial charge on any atom is -0.361 e. The first-order valence-electron chi connectivity index (χ1n) is 9.28. The molecule has 29 heavy (non-hydrogen) atoms. The van der Waals surface area contributed by atoms with Crippen LogP contribution in [0.4, 0.5) is 10.8 Å². The Balaban J connectivity index is 1.40. The summed E-state index contributed by atoms with van der Waals surface area (Å²) in [7, 11) is 4.13. The molecule has 3 N–H and O–H groups in total. The van der Waals surface area contributed by atoms with Crippen LogP contribution in [0, 0.1) is 0 Å². The van der Waals surface area contributed by atoms with Crippen LogP contribution < -0.4 is 10.6 Å². The number of hydrogen-bond donors (Lipinski definition) is 3. The summed E-state index contributed by atoms with van der Waals surface area (Å²) in [4.78, 5) is 28.1. The minimum absolute atomic E-state index is 0.134. The lowest BCUT2D eigenvalue weighted by Crippen LogP contribution is -2.19. The van der Waals surface area contributed by atoms with Crippen molar-refractivity contribution in [1.82, 2.24) is 20.2 Å². The van der Waals surface area contributed by atoms with Gasteiger partial charge in [-0.2, -0.15) is 0 Å². The van der Waals surface area contributed by atoms with Gasteiger partial charge in [-0.05, 0) is 69.2 Å². The standard InChI is InChI=1S/C20H22N6OS2/c1-26(2)9-3-7-22-19-23-12-15(28-19)11-17-18(27)25-20(29-17)24-14-4-5-16-13(10-14)6-8-21-16/h4-6,8,10-12,21H,3,7,9H2,1-2H3,(H,22,23)(H,24,25,27)/b17-11-. The number of carbonyl (C=O) groups excluding carboxylic acids is 1. The summed E-state index contributed by atoms with van der Waals surface area (Å²) in [6.07, 6.45) is 6.60. The van der Waals surface area contributed by atoms with Crippen LogP contribution in [0.25, 0.3) is 17.0 Å². The second-order valence-electron chi connectivity index (χ2n) is 6.88. The molecule has 9 heteroatoms. The van der Waals surface area contributed by atoms with Gasteiger partial charge in [0.15, 0.2) is 10.3 Å². The Morgan fingerprint density at radius 2 is 2.21 bits per heavy atom. The highest BCUT2D eigenvalue weighted by Crippen LogP contribution is 2.30. The van der Waals surface area contributed by atoms with Crippen molar-refractivity contribution in [3.05, 3.63) is 46.4 Å². The molecule has 1 amide bonds.